The summed E-state index contributed by atoms with van der Waals surface area (Å²) in [6.07, 6.45) is -9.79. The zero-order chi connectivity index (χ0) is 31.7. The molecule has 0 bridgehead atoms. The van der Waals surface area contributed by atoms with E-state index in [2.05, 4.69) is 5.32 Å². The quantitative estimate of drug-likeness (QED) is 0.187. The first-order chi connectivity index (χ1) is 20.1. The zero-order valence-electron chi connectivity index (χ0n) is 23.0. The highest BCUT2D eigenvalue weighted by atomic mass is 35.5. The van der Waals surface area contributed by atoms with Crippen molar-refractivity contribution in [2.75, 3.05) is 12.4 Å². The summed E-state index contributed by atoms with van der Waals surface area (Å²) >= 11 is 5.88. The number of alkyl halides is 7. The van der Waals surface area contributed by atoms with Crippen molar-refractivity contribution in [2.45, 2.75) is 50.7 Å². The van der Waals surface area contributed by atoms with E-state index in [1.54, 1.807) is 6.07 Å². The van der Waals surface area contributed by atoms with Crippen LogP contribution in [0, 0.1) is 13.8 Å². The molecule has 43 heavy (non-hydrogen) atoms. The summed E-state index contributed by atoms with van der Waals surface area (Å²) in [4.78, 5) is 41.9. The van der Waals surface area contributed by atoms with Crippen LogP contribution in [0.5, 0.6) is 0 Å². The third-order valence-corrected chi connectivity index (χ3v) is 7.81. The predicted octanol–water partition coefficient (Wildman–Crippen LogP) is 6.43. The van der Waals surface area contributed by atoms with Crippen molar-refractivity contribution in [2.24, 2.45) is 0 Å². The Morgan fingerprint density at radius 3 is 1.86 bits per heavy atom. The number of nitrogens with zero attached hydrogens (tertiary/aromatic N) is 1. The van der Waals surface area contributed by atoms with E-state index in [4.69, 9.17) is 11.6 Å². The van der Waals surface area contributed by atoms with Crippen LogP contribution in [-0.2, 0) is 23.6 Å². The van der Waals surface area contributed by atoms with Crippen LogP contribution in [-0.4, -0.2) is 52.9 Å². The van der Waals surface area contributed by atoms with Crippen LogP contribution in [0.1, 0.15) is 48.5 Å². The lowest BCUT2D eigenvalue weighted by atomic mass is 9.84. The number of amides is 1. The van der Waals surface area contributed by atoms with Crippen molar-refractivity contribution in [3.05, 3.63) is 106 Å². The van der Waals surface area contributed by atoms with Gasteiger partial charge in [-0.05, 0) is 49.1 Å². The average Bonchev–Trinajstić information content (AvgIpc) is 2.96. The second-order valence-corrected chi connectivity index (χ2v) is 10.6. The van der Waals surface area contributed by atoms with Gasteiger partial charge in [0.05, 0.1) is 11.1 Å². The highest BCUT2D eigenvalue weighted by Crippen LogP contribution is 2.36. The van der Waals surface area contributed by atoms with E-state index in [9.17, 15) is 40.7 Å². The maximum atomic E-state index is 14.1. The van der Waals surface area contributed by atoms with Crippen LogP contribution >= 0.6 is 11.6 Å². The Morgan fingerprint density at radius 2 is 1.35 bits per heavy atom. The zero-order valence-corrected chi connectivity index (χ0v) is 23.8. The highest BCUT2D eigenvalue weighted by Gasteiger charge is 2.49. The minimum absolute atomic E-state index is 0.0534. The molecule has 1 N–H and O–H groups in total. The first-order valence-corrected chi connectivity index (χ1v) is 13.8. The first-order valence-electron chi connectivity index (χ1n) is 13.2. The Kier molecular flexibility index (Phi) is 9.36. The number of piperazine rings is 1. The van der Waals surface area contributed by atoms with Crippen molar-refractivity contribution in [3.8, 4) is 0 Å². The van der Waals surface area contributed by atoms with E-state index in [0.717, 1.165) is 46.4 Å². The lowest BCUT2D eigenvalue weighted by Crippen LogP contribution is -2.69. The third-order valence-electron chi connectivity index (χ3n) is 7.59. The third kappa shape index (κ3) is 6.78. The average molecular weight is 625 g/mol. The lowest BCUT2D eigenvalue weighted by Gasteiger charge is -2.46. The van der Waals surface area contributed by atoms with Crippen LogP contribution in [0.3, 0.4) is 0 Å². The summed E-state index contributed by atoms with van der Waals surface area (Å²) in [6, 6.07) is 9.02. The van der Waals surface area contributed by atoms with Crippen molar-refractivity contribution in [1.82, 2.24) is 10.2 Å². The summed E-state index contributed by atoms with van der Waals surface area (Å²) in [5.41, 5.74) is -1.43. The summed E-state index contributed by atoms with van der Waals surface area (Å²) in [7, 11) is 0. The van der Waals surface area contributed by atoms with Gasteiger partial charge in [0, 0.05) is 23.7 Å². The number of hydrogen-bond donors (Lipinski definition) is 1. The normalized spacial score (nSPS) is 19.3. The van der Waals surface area contributed by atoms with Gasteiger partial charge in [-0.1, -0.05) is 54.6 Å². The summed E-state index contributed by atoms with van der Waals surface area (Å²) < 4.78 is 83.4. The smallest absolute Gasteiger partial charge is 0.318 e. The Labute approximate surface area is 248 Å². The molecule has 1 amide bonds. The van der Waals surface area contributed by atoms with E-state index in [-0.39, 0.29) is 13.0 Å². The largest absolute Gasteiger partial charge is 0.417 e. The molecule has 228 valence electrons. The van der Waals surface area contributed by atoms with Crippen LogP contribution < -0.4 is 5.32 Å². The standard InChI is InChI=1S/C31H27ClF6N2O3/c1-17-11-12-19(13-18(17)2)14-24-27(29(43)21-8-4-6-10-23(21)31(36,37)38)40(26(41)15-32)25(16-39-24)28(42)20-7-3-5-9-22(20)30(33,34)35/h3-13,24-25,27,39H,14-16H2,1-2H3. The molecule has 1 heterocycles. The monoisotopic (exact) mass is 624 g/mol. The summed E-state index contributed by atoms with van der Waals surface area (Å²) in [5, 5.41) is 2.99. The molecule has 3 aromatic rings. The number of aryl methyl sites for hydroxylation is 2. The predicted molar refractivity (Wildman–Crippen MR) is 148 cm³/mol. The second kappa shape index (κ2) is 12.5. The van der Waals surface area contributed by atoms with Gasteiger partial charge in [0.1, 0.15) is 18.0 Å². The van der Waals surface area contributed by atoms with Crippen LogP contribution in [0.15, 0.2) is 66.7 Å². The molecule has 0 radical (unpaired) electrons. The number of hydrogen-bond acceptors (Lipinski definition) is 4. The molecule has 0 aromatic heterocycles. The first kappa shape index (κ1) is 32.2. The maximum absolute atomic E-state index is 14.1. The minimum Gasteiger partial charge on any atom is -0.318 e. The molecule has 0 aliphatic carbocycles. The number of ketones is 2. The Balaban J connectivity index is 1.87. The molecule has 3 atom stereocenters. The Bertz CT molecular complexity index is 1540. The summed E-state index contributed by atoms with van der Waals surface area (Å²) in [6.45, 7) is 3.37. The fourth-order valence-corrected chi connectivity index (χ4v) is 5.52. The SMILES string of the molecule is Cc1ccc(CC2NCC(C(=O)c3ccccc3C(F)(F)F)N(C(=O)CCl)C2C(=O)c2ccccc2C(F)(F)F)cc1C. The minimum atomic E-state index is -4.93. The molecule has 1 fully saturated rings. The molecular weight excluding hydrogens is 598 g/mol. The van der Waals surface area contributed by atoms with Crippen molar-refractivity contribution in [1.29, 1.82) is 0 Å². The van der Waals surface area contributed by atoms with E-state index < -0.39 is 76.1 Å². The molecule has 3 unspecified atom stereocenters. The van der Waals surface area contributed by atoms with Gasteiger partial charge in [-0.15, -0.1) is 11.6 Å². The Morgan fingerprint density at radius 1 is 0.814 bits per heavy atom. The van der Waals surface area contributed by atoms with Gasteiger partial charge in [0.2, 0.25) is 5.91 Å². The van der Waals surface area contributed by atoms with E-state index in [1.807, 2.05) is 26.0 Å². The topological polar surface area (TPSA) is 66.5 Å². The second-order valence-electron chi connectivity index (χ2n) is 10.3. The van der Waals surface area contributed by atoms with Gasteiger partial charge in [0.15, 0.2) is 11.6 Å². The molecule has 0 saturated carbocycles. The highest BCUT2D eigenvalue weighted by molar-refractivity contribution is 6.28. The molecule has 0 spiro atoms. The van der Waals surface area contributed by atoms with Gasteiger partial charge in [0.25, 0.3) is 0 Å². The molecule has 4 rings (SSSR count). The van der Waals surface area contributed by atoms with Gasteiger partial charge in [-0.25, -0.2) is 0 Å². The fraction of sp³-hybridized carbons (Fsp3) is 0.323. The van der Waals surface area contributed by atoms with Crippen LogP contribution in [0.2, 0.25) is 0 Å². The van der Waals surface area contributed by atoms with E-state index in [1.165, 1.54) is 12.1 Å². The number of benzene rings is 3. The van der Waals surface area contributed by atoms with Gasteiger partial charge < -0.3 is 10.2 Å². The lowest BCUT2D eigenvalue weighted by molar-refractivity contribution is -0.138. The van der Waals surface area contributed by atoms with Crippen LogP contribution in [0.4, 0.5) is 26.3 Å². The molecule has 1 aliphatic rings. The van der Waals surface area contributed by atoms with Gasteiger partial charge in [-0.2, -0.15) is 26.3 Å². The van der Waals surface area contributed by atoms with Crippen molar-refractivity contribution >= 4 is 29.1 Å². The van der Waals surface area contributed by atoms with Gasteiger partial charge in [-0.3, -0.25) is 14.4 Å². The van der Waals surface area contributed by atoms with Gasteiger partial charge >= 0.3 is 12.4 Å². The number of carbonyl (C=O) groups excluding carboxylic acids is 3. The maximum Gasteiger partial charge on any atom is 0.417 e. The summed E-state index contributed by atoms with van der Waals surface area (Å²) in [5.74, 6) is -4.02. The number of Topliss-reactive ketones (excluding diaryl/α,β-unsaturated/α-hetero) is 2. The number of halogens is 7. The van der Waals surface area contributed by atoms with E-state index >= 15 is 0 Å². The fourth-order valence-electron chi connectivity index (χ4n) is 5.38. The van der Waals surface area contributed by atoms with Crippen LogP contribution in [0.25, 0.3) is 0 Å². The molecule has 3 aromatic carbocycles. The number of rotatable bonds is 7. The molecular formula is C31H27ClF6N2O3. The molecule has 12 heteroatoms. The molecule has 1 aliphatic heterocycles. The molecule has 5 nitrogen and oxygen atoms in total. The molecule has 1 saturated heterocycles. The number of carbonyl (C=O) groups is 3. The van der Waals surface area contributed by atoms with Crippen molar-refractivity contribution in [3.63, 3.8) is 0 Å². The van der Waals surface area contributed by atoms with E-state index in [0.29, 0.717) is 11.6 Å². The Hall–Kier alpha value is -3.70. The number of nitrogens with one attached hydrogen (secondary N) is 1. The van der Waals surface area contributed by atoms with Crippen molar-refractivity contribution < 1.29 is 40.7 Å².